The number of hydrogen-bond acceptors (Lipinski definition) is 1. The topological polar surface area (TPSA) is 20.9 Å². The van der Waals surface area contributed by atoms with Crippen molar-refractivity contribution in [3.8, 4) is 33.6 Å². The molecule has 4 aliphatic rings. The Morgan fingerprint density at radius 3 is 2.26 bits per heavy atom. The predicted octanol–water partition coefficient (Wildman–Crippen LogP) is 10.7. The van der Waals surface area contributed by atoms with E-state index in [2.05, 4.69) is 154 Å². The van der Waals surface area contributed by atoms with Crippen molar-refractivity contribution < 1.29 is 13.6 Å². The van der Waals surface area contributed by atoms with Crippen molar-refractivity contribution in [3.63, 3.8) is 0 Å². The third-order valence-electron chi connectivity index (χ3n) is 12.8. The molecule has 1 fully saturated rings. The van der Waals surface area contributed by atoms with Crippen LogP contribution in [0.2, 0.25) is 0 Å². The molecule has 1 saturated carbocycles. The predicted molar refractivity (Wildman–Crippen MR) is 201 cm³/mol. The van der Waals surface area contributed by atoms with Gasteiger partial charge in [-0.15, -0.1) is 0 Å². The Morgan fingerprint density at radius 1 is 0.720 bits per heavy atom. The molecule has 3 aromatic heterocycles. The van der Waals surface area contributed by atoms with Gasteiger partial charge in [-0.05, 0) is 97.2 Å². The van der Waals surface area contributed by atoms with Crippen molar-refractivity contribution in [1.29, 1.82) is 0 Å². The molecule has 1 spiro atoms. The van der Waals surface area contributed by atoms with Crippen LogP contribution in [0.4, 0.5) is 0 Å². The molecule has 7 aromatic rings. The molecular formula is C47H40N2O+2. The largest absolute Gasteiger partial charge is 0.454 e. The Morgan fingerprint density at radius 2 is 1.46 bits per heavy atom. The Balaban J connectivity index is 1.29. The zero-order chi connectivity index (χ0) is 33.8. The maximum atomic E-state index is 7.23. The van der Waals surface area contributed by atoms with Crippen molar-refractivity contribution in [3.05, 3.63) is 148 Å². The maximum Gasteiger partial charge on any atom is 0.269 e. The minimum absolute atomic E-state index is 0.244. The van der Waals surface area contributed by atoms with E-state index in [9.17, 15) is 0 Å². The van der Waals surface area contributed by atoms with E-state index in [1.807, 2.05) is 0 Å². The van der Waals surface area contributed by atoms with E-state index in [4.69, 9.17) is 4.42 Å². The number of hydrogen-bond donors (Lipinski definition) is 0. The highest BCUT2D eigenvalue weighted by atomic mass is 16.3. The van der Waals surface area contributed by atoms with Crippen LogP contribution in [0.5, 0.6) is 0 Å². The molecule has 11 rings (SSSR count). The molecule has 0 bridgehead atoms. The van der Waals surface area contributed by atoms with E-state index in [1.54, 1.807) is 0 Å². The fourth-order valence-electron chi connectivity index (χ4n) is 10.5. The van der Waals surface area contributed by atoms with Crippen LogP contribution < -0.4 is 9.13 Å². The van der Waals surface area contributed by atoms with Gasteiger partial charge in [0.25, 0.3) is 5.54 Å². The molecule has 4 aromatic carbocycles. The second kappa shape index (κ2) is 9.48. The van der Waals surface area contributed by atoms with Gasteiger partial charge in [-0.2, -0.15) is 9.13 Å². The van der Waals surface area contributed by atoms with E-state index in [-0.39, 0.29) is 11.6 Å². The average Bonchev–Trinajstić information content (AvgIpc) is 3.37. The Hall–Kier alpha value is -5.28. The Kier molecular flexibility index (Phi) is 5.42. The van der Waals surface area contributed by atoms with Crippen LogP contribution >= 0.6 is 0 Å². The minimum Gasteiger partial charge on any atom is -0.454 e. The van der Waals surface area contributed by atoms with E-state index in [1.165, 1.54) is 94.5 Å². The van der Waals surface area contributed by atoms with Crippen molar-refractivity contribution in [2.45, 2.75) is 71.4 Å². The summed E-state index contributed by atoms with van der Waals surface area (Å²) in [5, 5.41) is 2.43. The summed E-state index contributed by atoms with van der Waals surface area (Å²) >= 11 is 0. The van der Waals surface area contributed by atoms with Crippen LogP contribution in [0.3, 0.4) is 0 Å². The summed E-state index contributed by atoms with van der Waals surface area (Å²) in [4.78, 5) is 0. The Labute approximate surface area is 293 Å². The van der Waals surface area contributed by atoms with Gasteiger partial charge in [0.15, 0.2) is 12.4 Å². The fraction of sp³-hybridized carbons (Fsp3) is 0.234. The lowest BCUT2D eigenvalue weighted by atomic mass is 9.88. The van der Waals surface area contributed by atoms with Crippen LogP contribution in [0.1, 0.15) is 84.5 Å². The summed E-state index contributed by atoms with van der Waals surface area (Å²) < 4.78 is 12.5. The number of allylic oxidation sites excluding steroid dienone is 2. The average molecular weight is 649 g/mol. The van der Waals surface area contributed by atoms with Gasteiger partial charge in [0.1, 0.15) is 17.1 Å². The van der Waals surface area contributed by atoms with Crippen LogP contribution in [0.25, 0.3) is 61.2 Å². The summed E-state index contributed by atoms with van der Waals surface area (Å²) in [5.74, 6) is 0.638. The van der Waals surface area contributed by atoms with Crippen molar-refractivity contribution >= 4 is 27.5 Å². The summed E-state index contributed by atoms with van der Waals surface area (Å²) in [6.07, 6.45) is 5.85. The monoisotopic (exact) mass is 648 g/mol. The number of furan rings is 1. The number of pyridine rings is 2. The highest BCUT2D eigenvalue weighted by molar-refractivity contribution is 6.13. The zero-order valence-corrected chi connectivity index (χ0v) is 29.6. The van der Waals surface area contributed by atoms with Crippen molar-refractivity contribution in [1.82, 2.24) is 0 Å². The molecule has 50 heavy (non-hydrogen) atoms. The first-order chi connectivity index (χ1) is 24.3. The molecule has 0 radical (unpaired) electrons. The quantitative estimate of drug-likeness (QED) is 0.171. The van der Waals surface area contributed by atoms with E-state index in [0.717, 1.165) is 17.6 Å². The number of nitrogens with zero attached hydrogens (tertiary/aromatic N) is 2. The molecule has 242 valence electrons. The molecule has 2 aliphatic heterocycles. The second-order valence-electron chi connectivity index (χ2n) is 15.7. The number of fused-ring (bicyclic) bond motifs is 19. The number of rotatable bonds is 2. The zero-order valence-electron chi connectivity index (χ0n) is 29.6. The van der Waals surface area contributed by atoms with E-state index < -0.39 is 0 Å². The summed E-state index contributed by atoms with van der Waals surface area (Å²) in [7, 11) is 0. The molecule has 3 heteroatoms. The number of aryl methyl sites for hydroxylation is 2. The summed E-state index contributed by atoms with van der Waals surface area (Å²) in [6.45, 7) is 13.8. The molecular weight excluding hydrogens is 609 g/mol. The number of benzene rings is 4. The maximum absolute atomic E-state index is 7.23. The molecule has 2 aliphatic carbocycles. The van der Waals surface area contributed by atoms with Crippen LogP contribution in [-0.4, -0.2) is 0 Å². The normalized spacial score (nSPS) is 20.7. The number of aromatic nitrogens is 2. The third kappa shape index (κ3) is 3.27. The lowest BCUT2D eigenvalue weighted by Gasteiger charge is -2.17. The highest BCUT2D eigenvalue weighted by Crippen LogP contribution is 2.71. The molecule has 3 atom stereocenters. The van der Waals surface area contributed by atoms with Gasteiger partial charge in [-0.3, -0.25) is 0 Å². The van der Waals surface area contributed by atoms with Crippen LogP contribution in [-0.2, 0) is 12.0 Å². The molecule has 5 heterocycles. The fourth-order valence-corrected chi connectivity index (χ4v) is 10.5. The summed E-state index contributed by atoms with van der Waals surface area (Å²) in [6, 6.07) is 34.8. The minimum atomic E-state index is -0.291. The van der Waals surface area contributed by atoms with Gasteiger partial charge < -0.3 is 4.42 Å². The first-order valence-corrected chi connectivity index (χ1v) is 18.3. The Bertz CT molecular complexity index is 2650. The molecule has 0 saturated heterocycles. The lowest BCUT2D eigenvalue weighted by Crippen LogP contribution is -2.51. The van der Waals surface area contributed by atoms with Gasteiger partial charge in [-0.1, -0.05) is 74.0 Å². The van der Waals surface area contributed by atoms with Gasteiger partial charge in [-0.25, -0.2) is 0 Å². The highest BCUT2D eigenvalue weighted by Gasteiger charge is 2.86. The van der Waals surface area contributed by atoms with Crippen LogP contribution in [0, 0.1) is 13.8 Å². The van der Waals surface area contributed by atoms with E-state index in [0.29, 0.717) is 11.8 Å². The van der Waals surface area contributed by atoms with Crippen molar-refractivity contribution in [2.75, 3.05) is 0 Å². The molecule has 3 nitrogen and oxygen atoms in total. The van der Waals surface area contributed by atoms with Gasteiger partial charge in [0.2, 0.25) is 17.4 Å². The molecule has 0 N–H and O–H groups in total. The van der Waals surface area contributed by atoms with Gasteiger partial charge in [0, 0.05) is 45.7 Å². The summed E-state index contributed by atoms with van der Waals surface area (Å²) in [5.41, 5.74) is 22.0. The third-order valence-corrected chi connectivity index (χ3v) is 12.8. The first kappa shape index (κ1) is 28.5. The smallest absolute Gasteiger partial charge is 0.269 e. The van der Waals surface area contributed by atoms with E-state index >= 15 is 0 Å². The van der Waals surface area contributed by atoms with Gasteiger partial charge >= 0.3 is 0 Å². The van der Waals surface area contributed by atoms with Crippen LogP contribution in [0.15, 0.2) is 113 Å². The SMILES string of the molecule is CC1=C(C)c2c(ccc3c2oc2c4c(ccc23)C2(C3c5ccccc5-c5cccc[n+]5C32)[n+]2cc(-c3c(C)cccc3C)c(C(C)C)cc2-4)C1. The lowest BCUT2D eigenvalue weighted by molar-refractivity contribution is -0.771. The van der Waals surface area contributed by atoms with Crippen molar-refractivity contribution in [2.24, 2.45) is 0 Å². The molecule has 0 amide bonds. The molecule has 3 unspecified atom stereocenters. The first-order valence-electron chi connectivity index (χ1n) is 18.3. The van der Waals surface area contributed by atoms with Gasteiger partial charge in [0.05, 0.1) is 11.1 Å². The second-order valence-corrected chi connectivity index (χ2v) is 15.7. The standard InChI is InChI=1S/C47H40N2O/c1-25(2)35-23-39-42-37(20-19-34-33-18-17-30-22-28(5)29(6)41(30)44(33)50-45(34)42)47(49(39)24-36(35)40-26(3)12-11-13-27(40)4)43-32-15-8-7-14-31(32)38-16-9-10-21-48(38)46(43)47/h7-21,23-25,43,46H,22H2,1-6H3/q+2.